The van der Waals surface area contributed by atoms with Crippen LogP contribution >= 0.6 is 0 Å². The summed E-state index contributed by atoms with van der Waals surface area (Å²) in [5, 5.41) is 0. The second-order valence-corrected chi connectivity index (χ2v) is 4.57. The Balaban J connectivity index is 2.91. The molecule has 0 aliphatic carbocycles. The van der Waals surface area contributed by atoms with Crippen LogP contribution in [0.1, 0.15) is 26.3 Å². The molecule has 1 rings (SSSR count). The van der Waals surface area contributed by atoms with E-state index in [0.29, 0.717) is 11.4 Å². The minimum atomic E-state index is -0.549. The van der Waals surface area contributed by atoms with Crippen LogP contribution in [-0.4, -0.2) is 19.3 Å². The van der Waals surface area contributed by atoms with Crippen LogP contribution in [0.4, 0.5) is 10.5 Å². The molecule has 0 saturated carbocycles. The number of hydrogen-bond donors (Lipinski definition) is 2. The van der Waals surface area contributed by atoms with Crippen LogP contribution in [0.3, 0.4) is 0 Å². The average Bonchev–Trinajstić information content (AvgIpc) is 2.46. The number of methoxy groups -OCH3 is 1. The van der Waals surface area contributed by atoms with Gasteiger partial charge in [-0.15, -0.1) is 0 Å². The number of carbonyl (C=O) groups is 1. The van der Waals surface area contributed by atoms with Crippen LogP contribution < -0.4 is 15.6 Å². The number of hydrogen-bond acceptors (Lipinski definition) is 4. The molecule has 114 valence electrons. The topological polar surface area (TPSA) is 59.6 Å². The van der Waals surface area contributed by atoms with Gasteiger partial charge in [-0.05, 0) is 44.0 Å². The van der Waals surface area contributed by atoms with E-state index in [-0.39, 0.29) is 6.10 Å². The van der Waals surface area contributed by atoms with Gasteiger partial charge in [0.05, 0.1) is 18.9 Å². The van der Waals surface area contributed by atoms with Gasteiger partial charge in [-0.1, -0.05) is 24.8 Å². The third kappa shape index (κ3) is 4.87. The van der Waals surface area contributed by atoms with E-state index >= 15 is 0 Å². The number of carbonyl (C=O) groups excluding carboxylic acids is 1. The van der Waals surface area contributed by atoms with E-state index in [0.717, 1.165) is 11.1 Å². The molecule has 2 N–H and O–H groups in total. The van der Waals surface area contributed by atoms with Gasteiger partial charge in [0.2, 0.25) is 0 Å². The summed E-state index contributed by atoms with van der Waals surface area (Å²) in [5.41, 5.74) is 7.87. The average molecular weight is 290 g/mol. The summed E-state index contributed by atoms with van der Waals surface area (Å²) in [5.74, 6) is 0.614. The van der Waals surface area contributed by atoms with Crippen LogP contribution in [0.15, 0.2) is 36.9 Å². The van der Waals surface area contributed by atoms with E-state index in [1.165, 1.54) is 0 Å². The lowest BCUT2D eigenvalue weighted by Gasteiger charge is -2.15. The molecule has 0 bridgehead atoms. The summed E-state index contributed by atoms with van der Waals surface area (Å²) in [6, 6.07) is 5.61. The maximum absolute atomic E-state index is 11.5. The van der Waals surface area contributed by atoms with Crippen molar-refractivity contribution >= 4 is 17.4 Å². The monoisotopic (exact) mass is 290 g/mol. The van der Waals surface area contributed by atoms with E-state index < -0.39 is 6.09 Å². The predicted molar refractivity (Wildman–Crippen MR) is 85.2 cm³/mol. The standard InChI is InChI=1S/C16H22N2O3/c1-6-12(7-2)13-8-9-15(20-5)14(10-13)17-18-16(19)21-11(3)4/h6-11,17H,1H2,2-5H3,(H,18,19)/b12-7+. The molecular formula is C16H22N2O3. The van der Waals surface area contributed by atoms with Gasteiger partial charge in [-0.25, -0.2) is 10.2 Å². The number of hydrazine groups is 1. The lowest BCUT2D eigenvalue weighted by Crippen LogP contribution is -2.31. The molecule has 0 radical (unpaired) electrons. The zero-order chi connectivity index (χ0) is 15.8. The normalized spacial score (nSPS) is 11.0. The predicted octanol–water partition coefficient (Wildman–Crippen LogP) is 3.75. The molecule has 0 aliphatic rings. The fourth-order valence-electron chi connectivity index (χ4n) is 1.75. The molecule has 1 aromatic carbocycles. The Morgan fingerprint density at radius 1 is 1.38 bits per heavy atom. The van der Waals surface area contributed by atoms with Crippen molar-refractivity contribution in [2.75, 3.05) is 12.5 Å². The van der Waals surface area contributed by atoms with Crippen molar-refractivity contribution in [3.8, 4) is 5.75 Å². The molecule has 0 atom stereocenters. The van der Waals surface area contributed by atoms with E-state index in [1.807, 2.05) is 31.2 Å². The Kier molecular flexibility index (Phi) is 6.33. The van der Waals surface area contributed by atoms with Crippen LogP contribution in [0.5, 0.6) is 5.75 Å². The minimum absolute atomic E-state index is 0.185. The Bertz CT molecular complexity index is 536. The zero-order valence-electron chi connectivity index (χ0n) is 12.9. The first-order valence-corrected chi connectivity index (χ1v) is 6.71. The smallest absolute Gasteiger partial charge is 0.426 e. The zero-order valence-corrected chi connectivity index (χ0v) is 12.9. The number of anilines is 1. The van der Waals surface area contributed by atoms with Crippen LogP contribution in [0.25, 0.3) is 5.57 Å². The Morgan fingerprint density at radius 3 is 2.62 bits per heavy atom. The SMILES string of the molecule is C=C/C(=C\C)c1ccc(OC)c(NNC(=O)OC(C)C)c1. The van der Waals surface area contributed by atoms with Crippen LogP contribution in [0.2, 0.25) is 0 Å². The van der Waals surface area contributed by atoms with Crippen molar-refractivity contribution in [1.82, 2.24) is 5.43 Å². The van der Waals surface area contributed by atoms with Gasteiger partial charge >= 0.3 is 6.09 Å². The number of amides is 1. The van der Waals surface area contributed by atoms with Gasteiger partial charge in [-0.3, -0.25) is 5.43 Å². The molecule has 0 aromatic heterocycles. The third-order valence-corrected chi connectivity index (χ3v) is 2.71. The molecule has 5 heteroatoms. The molecule has 0 aliphatic heterocycles. The van der Waals surface area contributed by atoms with Crippen molar-refractivity contribution < 1.29 is 14.3 Å². The fourth-order valence-corrected chi connectivity index (χ4v) is 1.75. The second-order valence-electron chi connectivity index (χ2n) is 4.57. The quantitative estimate of drug-likeness (QED) is 0.619. The van der Waals surface area contributed by atoms with E-state index in [4.69, 9.17) is 9.47 Å². The van der Waals surface area contributed by atoms with Gasteiger partial charge in [-0.2, -0.15) is 0 Å². The lowest BCUT2D eigenvalue weighted by atomic mass is 10.0. The molecule has 0 heterocycles. The van der Waals surface area contributed by atoms with E-state index in [1.54, 1.807) is 27.0 Å². The molecule has 0 spiro atoms. The lowest BCUT2D eigenvalue weighted by molar-refractivity contribution is 0.117. The van der Waals surface area contributed by atoms with Gasteiger partial charge < -0.3 is 9.47 Å². The van der Waals surface area contributed by atoms with Crippen LogP contribution in [0, 0.1) is 0 Å². The second kappa shape index (κ2) is 7.99. The number of benzene rings is 1. The summed E-state index contributed by atoms with van der Waals surface area (Å²) < 4.78 is 10.2. The summed E-state index contributed by atoms with van der Waals surface area (Å²) >= 11 is 0. The van der Waals surface area contributed by atoms with Crippen LogP contribution in [-0.2, 0) is 4.74 Å². The molecule has 0 saturated heterocycles. The highest BCUT2D eigenvalue weighted by atomic mass is 16.6. The maximum Gasteiger partial charge on any atom is 0.426 e. The first kappa shape index (κ1) is 16.6. The Hall–Kier alpha value is -2.43. The molecule has 1 amide bonds. The first-order chi connectivity index (χ1) is 10.0. The summed E-state index contributed by atoms with van der Waals surface area (Å²) in [6.45, 7) is 9.28. The summed E-state index contributed by atoms with van der Waals surface area (Å²) in [6.07, 6.45) is 2.99. The molecular weight excluding hydrogens is 268 g/mol. The molecule has 21 heavy (non-hydrogen) atoms. The van der Waals surface area contributed by atoms with Gasteiger partial charge in [0.15, 0.2) is 0 Å². The maximum atomic E-state index is 11.5. The van der Waals surface area contributed by atoms with Crippen molar-refractivity contribution in [2.24, 2.45) is 0 Å². The fraction of sp³-hybridized carbons (Fsp3) is 0.312. The Labute approximate surface area is 125 Å². The van der Waals surface area contributed by atoms with Crippen molar-refractivity contribution in [3.05, 3.63) is 42.5 Å². The van der Waals surface area contributed by atoms with Crippen molar-refractivity contribution in [2.45, 2.75) is 26.9 Å². The first-order valence-electron chi connectivity index (χ1n) is 6.71. The molecule has 0 unspecified atom stereocenters. The molecule has 1 aromatic rings. The number of nitrogens with one attached hydrogen (secondary N) is 2. The number of ether oxygens (including phenoxy) is 2. The van der Waals surface area contributed by atoms with Gasteiger partial charge in [0, 0.05) is 0 Å². The Morgan fingerprint density at radius 2 is 2.10 bits per heavy atom. The number of rotatable bonds is 6. The van der Waals surface area contributed by atoms with E-state index in [2.05, 4.69) is 17.4 Å². The van der Waals surface area contributed by atoms with Gasteiger partial charge in [0.1, 0.15) is 5.75 Å². The highest BCUT2D eigenvalue weighted by molar-refractivity contribution is 5.78. The summed E-state index contributed by atoms with van der Waals surface area (Å²) in [4.78, 5) is 11.5. The number of allylic oxidation sites excluding steroid dienone is 3. The highest BCUT2D eigenvalue weighted by Gasteiger charge is 2.08. The minimum Gasteiger partial charge on any atom is -0.495 e. The molecule has 5 nitrogen and oxygen atoms in total. The van der Waals surface area contributed by atoms with Crippen molar-refractivity contribution in [1.29, 1.82) is 0 Å². The van der Waals surface area contributed by atoms with E-state index in [9.17, 15) is 4.79 Å². The third-order valence-electron chi connectivity index (χ3n) is 2.71. The summed E-state index contributed by atoms with van der Waals surface area (Å²) in [7, 11) is 1.57. The largest absolute Gasteiger partial charge is 0.495 e. The van der Waals surface area contributed by atoms with Gasteiger partial charge in [0.25, 0.3) is 0 Å². The highest BCUT2D eigenvalue weighted by Crippen LogP contribution is 2.28. The van der Waals surface area contributed by atoms with Crippen molar-refractivity contribution in [3.63, 3.8) is 0 Å². The molecule has 0 fully saturated rings.